The number of hydrogen-bond acceptors (Lipinski definition) is 6. The molecule has 25 heavy (non-hydrogen) atoms. The lowest BCUT2D eigenvalue weighted by Crippen LogP contribution is -2.20. The van der Waals surface area contributed by atoms with Crippen LogP contribution >= 0.6 is 48.0 Å². The summed E-state index contributed by atoms with van der Waals surface area (Å²) in [6.45, 7) is 0.166. The first-order valence-corrected chi connectivity index (χ1v) is 9.13. The minimum Gasteiger partial charge on any atom is -0.487 e. The van der Waals surface area contributed by atoms with Gasteiger partial charge in [0.2, 0.25) is 0 Å². The van der Waals surface area contributed by atoms with E-state index in [1.54, 1.807) is 24.3 Å². The maximum atomic E-state index is 12.7. The maximum absolute atomic E-state index is 12.7. The average Bonchev–Trinajstić information content (AvgIpc) is 2.66. The van der Waals surface area contributed by atoms with Crippen molar-refractivity contribution < 1.29 is 25.9 Å². The van der Waals surface area contributed by atoms with Crippen LogP contribution < -0.4 is 9.47 Å². The fourth-order valence-electron chi connectivity index (χ4n) is 1.75. The predicted octanol–water partition coefficient (Wildman–Crippen LogP) is 6.57. The number of halogens is 4. The van der Waals surface area contributed by atoms with Gasteiger partial charge in [0.25, 0.3) is 0 Å². The Labute approximate surface area is 160 Å². The van der Waals surface area contributed by atoms with Gasteiger partial charge in [-0.1, -0.05) is 23.7 Å². The normalized spacial score (nSPS) is 11.2. The van der Waals surface area contributed by atoms with Crippen molar-refractivity contribution in [3.8, 4) is 11.5 Å². The number of carbonyl (C=O) groups is 1. The number of benzene rings is 2. The molecule has 0 unspecified atom stereocenters. The first kappa shape index (κ1) is 20.2. The Kier molecular flexibility index (Phi) is 7.67. The van der Waals surface area contributed by atoms with Crippen LogP contribution in [0.4, 0.5) is 11.7 Å². The molecule has 2 aromatic carbocycles. The van der Waals surface area contributed by atoms with Crippen molar-refractivity contribution in [1.29, 1.82) is 0 Å². The van der Waals surface area contributed by atoms with Gasteiger partial charge in [0, 0.05) is 5.56 Å². The Morgan fingerprint density at radius 1 is 1.04 bits per heavy atom. The van der Waals surface area contributed by atoms with Gasteiger partial charge in [0.05, 0.1) is 5.02 Å². The third-order valence-corrected chi connectivity index (χ3v) is 5.18. The van der Waals surface area contributed by atoms with Gasteiger partial charge >= 0.3 is 3.60 Å². The van der Waals surface area contributed by atoms with Crippen LogP contribution in [0.25, 0.3) is 0 Å². The molecule has 0 bridgehead atoms. The Morgan fingerprint density at radius 3 is 2.20 bits per heavy atom. The molecule has 134 valence electrons. The molecule has 0 aromatic heterocycles. The zero-order chi connectivity index (χ0) is 18.3. The second-order valence-corrected chi connectivity index (χ2v) is 7.94. The first-order valence-electron chi connectivity index (χ1n) is 6.60. The standard InChI is InChI=1S/C15H10ClF3O3S3/c16-13-7-11(8-20)3-6-14(13)21-9-10-1-4-12(5-2-10)22-15(23-17,24-18)25-19/h1-8H,9H2. The van der Waals surface area contributed by atoms with Crippen molar-refractivity contribution in [2.75, 3.05) is 0 Å². The summed E-state index contributed by atoms with van der Waals surface area (Å²) in [4.78, 5) is 10.7. The molecule has 0 amide bonds. The summed E-state index contributed by atoms with van der Waals surface area (Å²) in [5.41, 5.74) is 1.16. The van der Waals surface area contributed by atoms with Gasteiger partial charge in [-0.15, -0.1) is 0 Å². The Balaban J connectivity index is 2.00. The van der Waals surface area contributed by atoms with Gasteiger partial charge in [-0.05, 0) is 35.9 Å². The quantitative estimate of drug-likeness (QED) is 0.333. The van der Waals surface area contributed by atoms with E-state index in [1.807, 2.05) is 0 Å². The molecule has 0 atom stereocenters. The van der Waals surface area contributed by atoms with E-state index in [2.05, 4.69) is 0 Å². The summed E-state index contributed by atoms with van der Waals surface area (Å²) in [5, 5.41) is 0.300. The summed E-state index contributed by atoms with van der Waals surface area (Å²) in [5.74, 6) is 0.501. The van der Waals surface area contributed by atoms with E-state index in [-0.39, 0.29) is 12.4 Å². The number of hydrogen-bond donors (Lipinski definition) is 0. The van der Waals surface area contributed by atoms with Gasteiger partial charge in [0.15, 0.2) is 0 Å². The molecule has 0 aliphatic carbocycles. The van der Waals surface area contributed by atoms with E-state index in [9.17, 15) is 16.5 Å². The van der Waals surface area contributed by atoms with Crippen LogP contribution in [-0.4, -0.2) is 9.88 Å². The van der Waals surface area contributed by atoms with Crippen molar-refractivity contribution in [1.82, 2.24) is 0 Å². The highest BCUT2D eigenvalue weighted by Crippen LogP contribution is 2.49. The monoisotopic (exact) mass is 426 g/mol. The maximum Gasteiger partial charge on any atom is 0.338 e. The van der Waals surface area contributed by atoms with Crippen molar-refractivity contribution in [2.45, 2.75) is 10.2 Å². The lowest BCUT2D eigenvalue weighted by molar-refractivity contribution is 0.112. The van der Waals surface area contributed by atoms with Gasteiger partial charge < -0.3 is 9.47 Å². The van der Waals surface area contributed by atoms with E-state index in [1.165, 1.54) is 18.2 Å². The minimum atomic E-state index is -2.34. The zero-order valence-electron chi connectivity index (χ0n) is 12.3. The average molecular weight is 427 g/mol. The molecule has 0 spiro atoms. The summed E-state index contributed by atoms with van der Waals surface area (Å²) in [6.07, 6.45) is 0.676. The molecule has 10 heteroatoms. The predicted molar refractivity (Wildman–Crippen MR) is 97.1 cm³/mol. The largest absolute Gasteiger partial charge is 0.487 e. The second kappa shape index (κ2) is 9.51. The van der Waals surface area contributed by atoms with E-state index in [0.717, 1.165) is 5.56 Å². The summed E-state index contributed by atoms with van der Waals surface area (Å²) in [7, 11) is 0. The molecule has 0 saturated carbocycles. The highest BCUT2D eigenvalue weighted by atomic mass is 35.5. The third kappa shape index (κ3) is 5.40. The van der Waals surface area contributed by atoms with E-state index in [4.69, 9.17) is 21.1 Å². The lowest BCUT2D eigenvalue weighted by atomic mass is 10.2. The summed E-state index contributed by atoms with van der Waals surface area (Å²) >= 11 is 4.26. The zero-order valence-corrected chi connectivity index (χ0v) is 15.5. The number of rotatable bonds is 9. The van der Waals surface area contributed by atoms with Gasteiger partial charge in [0.1, 0.15) is 60.8 Å². The van der Waals surface area contributed by atoms with Crippen molar-refractivity contribution >= 4 is 54.3 Å². The summed E-state index contributed by atoms with van der Waals surface area (Å²) in [6, 6.07) is 10.7. The highest BCUT2D eigenvalue weighted by Gasteiger charge is 2.39. The first-order chi connectivity index (χ1) is 12.1. The molecule has 0 N–H and O–H groups in total. The Bertz CT molecular complexity index is 707. The minimum absolute atomic E-state index is 0.0950. The molecule has 2 rings (SSSR count). The van der Waals surface area contributed by atoms with Gasteiger partial charge in [-0.25, -0.2) is 0 Å². The van der Waals surface area contributed by atoms with Crippen LogP contribution in [0.15, 0.2) is 42.5 Å². The van der Waals surface area contributed by atoms with E-state index < -0.39 is 40.0 Å². The van der Waals surface area contributed by atoms with Crippen molar-refractivity contribution in [2.24, 2.45) is 0 Å². The molecule has 0 aliphatic heterocycles. The molecular weight excluding hydrogens is 417 g/mol. The van der Waals surface area contributed by atoms with Gasteiger partial charge in [-0.2, -0.15) is 11.7 Å². The molecule has 0 aliphatic rings. The smallest absolute Gasteiger partial charge is 0.338 e. The molecule has 2 aromatic rings. The van der Waals surface area contributed by atoms with Crippen LogP contribution in [0.5, 0.6) is 11.5 Å². The Hall–Kier alpha value is -1.16. The van der Waals surface area contributed by atoms with E-state index >= 15 is 0 Å². The molecule has 0 fully saturated rings. The molecule has 3 nitrogen and oxygen atoms in total. The van der Waals surface area contributed by atoms with Crippen LogP contribution in [0.2, 0.25) is 5.02 Å². The van der Waals surface area contributed by atoms with Crippen LogP contribution in [0.3, 0.4) is 0 Å². The molecule has 0 heterocycles. The molecule has 0 saturated heterocycles. The van der Waals surface area contributed by atoms with E-state index in [0.29, 0.717) is 22.6 Å². The molecule has 0 radical (unpaired) electrons. The van der Waals surface area contributed by atoms with Crippen molar-refractivity contribution in [3.63, 3.8) is 0 Å². The lowest BCUT2D eigenvalue weighted by Gasteiger charge is -2.20. The van der Waals surface area contributed by atoms with Crippen LogP contribution in [0.1, 0.15) is 15.9 Å². The third-order valence-electron chi connectivity index (χ3n) is 2.94. The number of aldehydes is 1. The second-order valence-electron chi connectivity index (χ2n) is 4.57. The Morgan fingerprint density at radius 2 is 1.68 bits per heavy atom. The van der Waals surface area contributed by atoms with Crippen LogP contribution in [-0.2, 0) is 6.61 Å². The van der Waals surface area contributed by atoms with Gasteiger partial charge in [-0.3, -0.25) is 4.79 Å². The number of carbonyl (C=O) groups excluding carboxylic acids is 1. The SMILES string of the molecule is O=Cc1ccc(OCc2ccc(OC(SF)(SF)SF)cc2)c(Cl)c1. The van der Waals surface area contributed by atoms with Crippen LogP contribution in [0, 0.1) is 0 Å². The summed E-state index contributed by atoms with van der Waals surface area (Å²) < 4.78 is 46.3. The molecular formula is C15H10ClF3O3S3. The topological polar surface area (TPSA) is 35.5 Å². The fraction of sp³-hybridized carbons (Fsp3) is 0.133. The highest BCUT2D eigenvalue weighted by molar-refractivity contribution is 8.29. The van der Waals surface area contributed by atoms with Crippen molar-refractivity contribution in [3.05, 3.63) is 58.6 Å². The fourth-order valence-corrected chi connectivity index (χ4v) is 2.66. The number of ether oxygens (including phenoxy) is 2.